The van der Waals surface area contributed by atoms with E-state index in [2.05, 4.69) is 0 Å². The van der Waals surface area contributed by atoms with E-state index >= 15 is 0 Å². The zero-order valence-electron chi connectivity index (χ0n) is 11.5. The van der Waals surface area contributed by atoms with Gasteiger partial charge in [-0.05, 0) is 19.3 Å². The number of hydrogen-bond donors (Lipinski definition) is 1. The summed E-state index contributed by atoms with van der Waals surface area (Å²) in [5, 5.41) is 0. The summed E-state index contributed by atoms with van der Waals surface area (Å²) in [6.45, 7) is 3.97. The predicted molar refractivity (Wildman–Crippen MR) is 74.1 cm³/mol. The minimum Gasteiger partial charge on any atom is -0.286 e. The van der Waals surface area contributed by atoms with Gasteiger partial charge in [-0.25, -0.2) is 0 Å². The molecule has 0 aromatic heterocycles. The second kappa shape index (κ2) is 8.89. The van der Waals surface area contributed by atoms with Crippen LogP contribution < -0.4 is 0 Å². The van der Waals surface area contributed by atoms with E-state index in [4.69, 9.17) is 8.74 Å². The largest absolute Gasteiger partial charge is 0.286 e. The summed E-state index contributed by atoms with van der Waals surface area (Å²) in [6.07, 6.45) is 3.54. The molecule has 0 aliphatic carbocycles. The second-order valence-electron chi connectivity index (χ2n) is 4.55. The van der Waals surface area contributed by atoms with Crippen LogP contribution in [0.2, 0.25) is 0 Å². The first kappa shape index (κ1) is 18.8. The summed E-state index contributed by atoms with van der Waals surface area (Å²) in [4.78, 5) is 0. The van der Waals surface area contributed by atoms with Gasteiger partial charge in [0.15, 0.2) is 0 Å². The van der Waals surface area contributed by atoms with E-state index in [1.807, 2.05) is 13.8 Å². The molecule has 0 saturated carbocycles. The average molecular weight is 316 g/mol. The second-order valence-corrected chi connectivity index (χ2v) is 7.84. The Hall–Kier alpha value is -0.180. The Morgan fingerprint density at radius 3 is 2.05 bits per heavy atom. The molecule has 6 nitrogen and oxygen atoms in total. The van der Waals surface area contributed by atoms with Gasteiger partial charge in [0.1, 0.15) is 0 Å². The smallest absolute Gasteiger partial charge is 0.267 e. The van der Waals surface area contributed by atoms with Crippen molar-refractivity contribution in [1.82, 2.24) is 0 Å². The van der Waals surface area contributed by atoms with Crippen LogP contribution in [0.4, 0.5) is 0 Å². The molecule has 0 aromatic carbocycles. The Bertz CT molecular complexity index is 426. The summed E-state index contributed by atoms with van der Waals surface area (Å²) >= 11 is 0. The minimum atomic E-state index is -4.12. The highest BCUT2D eigenvalue weighted by atomic mass is 32.2. The van der Waals surface area contributed by atoms with Crippen molar-refractivity contribution in [3.8, 4) is 0 Å². The lowest BCUT2D eigenvalue weighted by molar-refractivity contribution is 0.184. The highest BCUT2D eigenvalue weighted by molar-refractivity contribution is 7.87. The van der Waals surface area contributed by atoms with Crippen molar-refractivity contribution in [1.29, 1.82) is 0 Å². The monoisotopic (exact) mass is 316 g/mol. The molecule has 116 valence electrons. The van der Waals surface area contributed by atoms with Crippen molar-refractivity contribution in [3.63, 3.8) is 0 Å². The highest BCUT2D eigenvalue weighted by Gasteiger charge is 2.19. The number of unbranched alkanes of at least 4 members (excludes halogenated alkanes) is 1. The molecule has 1 N–H and O–H groups in total. The van der Waals surface area contributed by atoms with Crippen LogP contribution in [0, 0.1) is 0 Å². The van der Waals surface area contributed by atoms with E-state index in [9.17, 15) is 16.8 Å². The van der Waals surface area contributed by atoms with E-state index in [0.29, 0.717) is 12.8 Å². The van der Waals surface area contributed by atoms with Gasteiger partial charge < -0.3 is 0 Å². The van der Waals surface area contributed by atoms with Crippen LogP contribution in [0.25, 0.3) is 0 Å². The average Bonchev–Trinajstić information content (AvgIpc) is 2.23. The fraction of sp³-hybridized carbons (Fsp3) is 1.00. The SMILES string of the molecule is CCCCC(CCC)OS(=O)(=O)CCCS(=O)(=O)O. The molecule has 1 unspecified atom stereocenters. The first-order chi connectivity index (χ1) is 8.70. The Kier molecular flexibility index (Phi) is 8.80. The summed E-state index contributed by atoms with van der Waals surface area (Å²) in [5.41, 5.74) is 0. The van der Waals surface area contributed by atoms with E-state index in [-0.39, 0.29) is 18.3 Å². The van der Waals surface area contributed by atoms with Crippen molar-refractivity contribution in [2.45, 2.75) is 58.5 Å². The maximum atomic E-state index is 11.7. The van der Waals surface area contributed by atoms with Gasteiger partial charge in [0.25, 0.3) is 20.2 Å². The van der Waals surface area contributed by atoms with Crippen molar-refractivity contribution < 1.29 is 25.6 Å². The maximum Gasteiger partial charge on any atom is 0.267 e. The lowest BCUT2D eigenvalue weighted by Gasteiger charge is -2.16. The molecule has 0 aromatic rings. The Morgan fingerprint density at radius 1 is 0.947 bits per heavy atom. The van der Waals surface area contributed by atoms with Crippen molar-refractivity contribution in [2.24, 2.45) is 0 Å². The standard InChI is InChI=1S/C11H24O6S2/c1-3-5-8-11(7-4-2)17-19(15,16)10-6-9-18(12,13)14/h11H,3-10H2,1-2H3,(H,12,13,14). The van der Waals surface area contributed by atoms with Crippen molar-refractivity contribution in [2.75, 3.05) is 11.5 Å². The highest BCUT2D eigenvalue weighted by Crippen LogP contribution is 2.14. The van der Waals surface area contributed by atoms with Crippen LogP contribution in [0.5, 0.6) is 0 Å². The van der Waals surface area contributed by atoms with Crippen LogP contribution >= 0.6 is 0 Å². The lowest BCUT2D eigenvalue weighted by atomic mass is 10.1. The van der Waals surface area contributed by atoms with E-state index < -0.39 is 26.0 Å². The lowest BCUT2D eigenvalue weighted by Crippen LogP contribution is -2.22. The molecule has 0 radical (unpaired) electrons. The summed E-state index contributed by atoms with van der Waals surface area (Å²) in [5.74, 6) is -0.956. The van der Waals surface area contributed by atoms with Gasteiger partial charge in [0, 0.05) is 0 Å². The summed E-state index contributed by atoms with van der Waals surface area (Å²) in [6, 6.07) is 0. The Labute approximate surface area is 116 Å². The van der Waals surface area contributed by atoms with Gasteiger partial charge in [-0.2, -0.15) is 16.8 Å². The van der Waals surface area contributed by atoms with E-state index in [1.54, 1.807) is 0 Å². The third-order valence-electron chi connectivity index (χ3n) is 2.57. The molecule has 0 aliphatic rings. The molecule has 0 spiro atoms. The Morgan fingerprint density at radius 2 is 1.58 bits per heavy atom. The van der Waals surface area contributed by atoms with Gasteiger partial charge in [0.05, 0.1) is 17.6 Å². The topological polar surface area (TPSA) is 97.7 Å². The van der Waals surface area contributed by atoms with Crippen LogP contribution in [0.15, 0.2) is 0 Å². The van der Waals surface area contributed by atoms with Gasteiger partial charge in [-0.1, -0.05) is 33.1 Å². The predicted octanol–water partition coefficient (Wildman–Crippen LogP) is 1.97. The van der Waals surface area contributed by atoms with Gasteiger partial charge in [-0.15, -0.1) is 0 Å². The molecular weight excluding hydrogens is 292 g/mol. The van der Waals surface area contributed by atoms with Crippen LogP contribution in [0.1, 0.15) is 52.4 Å². The molecule has 8 heteroatoms. The molecule has 0 rings (SSSR count). The third-order valence-corrected chi connectivity index (χ3v) is 4.73. The molecule has 0 saturated heterocycles. The maximum absolute atomic E-state index is 11.7. The molecule has 0 heterocycles. The van der Waals surface area contributed by atoms with Crippen LogP contribution in [-0.4, -0.2) is 39.0 Å². The number of rotatable bonds is 11. The molecular formula is C11H24O6S2. The third kappa shape index (κ3) is 11.4. The molecule has 0 amide bonds. The summed E-state index contributed by atoms with van der Waals surface area (Å²) in [7, 11) is -7.85. The zero-order chi connectivity index (χ0) is 14.9. The number of hydrogen-bond acceptors (Lipinski definition) is 5. The van der Waals surface area contributed by atoms with Gasteiger partial charge in [-0.3, -0.25) is 8.74 Å². The molecule has 0 fully saturated rings. The quantitative estimate of drug-likeness (QED) is 0.462. The minimum absolute atomic E-state index is 0.159. The zero-order valence-corrected chi connectivity index (χ0v) is 13.2. The first-order valence-corrected chi connectivity index (χ1v) is 9.75. The first-order valence-electron chi connectivity index (χ1n) is 6.56. The fourth-order valence-corrected chi connectivity index (χ4v) is 3.56. The summed E-state index contributed by atoms with van der Waals surface area (Å²) < 4.78 is 58.0. The molecule has 0 bridgehead atoms. The van der Waals surface area contributed by atoms with Crippen molar-refractivity contribution >= 4 is 20.2 Å². The van der Waals surface area contributed by atoms with E-state index in [1.165, 1.54) is 0 Å². The van der Waals surface area contributed by atoms with Gasteiger partial charge >= 0.3 is 0 Å². The van der Waals surface area contributed by atoms with Gasteiger partial charge in [0.2, 0.25) is 0 Å². The molecule has 1 atom stereocenters. The van der Waals surface area contributed by atoms with Crippen LogP contribution in [-0.2, 0) is 24.4 Å². The Balaban J connectivity index is 4.29. The van der Waals surface area contributed by atoms with Crippen LogP contribution in [0.3, 0.4) is 0 Å². The van der Waals surface area contributed by atoms with Crippen molar-refractivity contribution in [3.05, 3.63) is 0 Å². The normalized spacial score (nSPS) is 14.5. The fourth-order valence-electron chi connectivity index (χ4n) is 1.67. The molecule has 19 heavy (non-hydrogen) atoms. The van der Waals surface area contributed by atoms with E-state index in [0.717, 1.165) is 19.3 Å². The molecule has 0 aliphatic heterocycles.